The van der Waals surface area contributed by atoms with E-state index in [4.69, 9.17) is 4.74 Å². The molecule has 26 heavy (non-hydrogen) atoms. The topological polar surface area (TPSA) is 55.3 Å². The van der Waals surface area contributed by atoms with Crippen LogP contribution in [0.1, 0.15) is 52.0 Å². The molecule has 5 heteroatoms. The smallest absolute Gasteiger partial charge is 0.411 e. The number of piperidine rings is 1. The predicted octanol–water partition coefficient (Wildman–Crippen LogP) is 4.58. The van der Waals surface area contributed by atoms with Gasteiger partial charge in [-0.25, -0.2) is 4.79 Å². The van der Waals surface area contributed by atoms with Gasteiger partial charge in [0.1, 0.15) is 5.60 Å². The first-order valence-electron chi connectivity index (χ1n) is 9.34. The molecule has 5 nitrogen and oxygen atoms in total. The summed E-state index contributed by atoms with van der Waals surface area (Å²) >= 11 is 0. The number of carbonyl (C=O) groups is 1. The SMILES string of the molecule is CC(C)(C)OC(=O)N1C2C=C(c3ccc4nccnc4c3)CC1CCC2. The van der Waals surface area contributed by atoms with Gasteiger partial charge in [-0.1, -0.05) is 12.1 Å². The molecule has 0 spiro atoms. The van der Waals surface area contributed by atoms with Crippen LogP contribution in [0.15, 0.2) is 36.7 Å². The highest BCUT2D eigenvalue weighted by Crippen LogP contribution is 2.38. The first kappa shape index (κ1) is 17.0. The zero-order valence-corrected chi connectivity index (χ0v) is 15.6. The van der Waals surface area contributed by atoms with Gasteiger partial charge in [0, 0.05) is 18.4 Å². The van der Waals surface area contributed by atoms with Crippen LogP contribution in [0.3, 0.4) is 0 Å². The van der Waals surface area contributed by atoms with Gasteiger partial charge in [-0.3, -0.25) is 14.9 Å². The lowest BCUT2D eigenvalue weighted by Crippen LogP contribution is -2.53. The summed E-state index contributed by atoms with van der Waals surface area (Å²) in [4.78, 5) is 23.4. The molecule has 2 bridgehead atoms. The van der Waals surface area contributed by atoms with Crippen molar-refractivity contribution in [3.63, 3.8) is 0 Å². The van der Waals surface area contributed by atoms with Gasteiger partial charge in [0.2, 0.25) is 0 Å². The number of amides is 1. The van der Waals surface area contributed by atoms with E-state index in [0.717, 1.165) is 36.7 Å². The summed E-state index contributed by atoms with van der Waals surface area (Å²) in [6.07, 6.45) is 9.53. The molecule has 0 N–H and O–H groups in total. The molecule has 3 heterocycles. The molecular weight excluding hydrogens is 326 g/mol. The molecule has 136 valence electrons. The Balaban J connectivity index is 1.64. The van der Waals surface area contributed by atoms with Gasteiger partial charge in [-0.05, 0) is 69.7 Å². The third-order valence-corrected chi connectivity index (χ3v) is 5.08. The summed E-state index contributed by atoms with van der Waals surface area (Å²) in [7, 11) is 0. The normalized spacial score (nSPS) is 22.9. The van der Waals surface area contributed by atoms with Crippen molar-refractivity contribution in [1.29, 1.82) is 0 Å². The monoisotopic (exact) mass is 351 g/mol. The number of rotatable bonds is 1. The van der Waals surface area contributed by atoms with Crippen molar-refractivity contribution in [2.75, 3.05) is 0 Å². The lowest BCUT2D eigenvalue weighted by molar-refractivity contribution is 0.0000857. The first-order valence-corrected chi connectivity index (χ1v) is 9.34. The van der Waals surface area contributed by atoms with Crippen LogP contribution in [0, 0.1) is 0 Å². The number of hydrogen-bond acceptors (Lipinski definition) is 4. The molecule has 2 atom stereocenters. The second-order valence-electron chi connectivity index (χ2n) is 8.20. The molecule has 1 aromatic carbocycles. The van der Waals surface area contributed by atoms with Crippen LogP contribution in [0.5, 0.6) is 0 Å². The van der Waals surface area contributed by atoms with Gasteiger partial charge in [-0.2, -0.15) is 0 Å². The summed E-state index contributed by atoms with van der Waals surface area (Å²) in [5.41, 5.74) is 3.83. The fourth-order valence-corrected chi connectivity index (χ4v) is 4.01. The molecule has 0 saturated carbocycles. The molecule has 2 unspecified atom stereocenters. The average molecular weight is 351 g/mol. The van der Waals surface area contributed by atoms with E-state index < -0.39 is 5.60 Å². The molecule has 1 amide bonds. The van der Waals surface area contributed by atoms with Gasteiger partial charge in [0.05, 0.1) is 17.1 Å². The summed E-state index contributed by atoms with van der Waals surface area (Å²) in [5.74, 6) is 0. The Morgan fingerprint density at radius 1 is 1.15 bits per heavy atom. The third-order valence-electron chi connectivity index (χ3n) is 5.08. The minimum absolute atomic E-state index is 0.116. The fraction of sp³-hybridized carbons (Fsp3) is 0.476. The number of benzene rings is 1. The predicted molar refractivity (Wildman–Crippen MR) is 102 cm³/mol. The van der Waals surface area contributed by atoms with E-state index in [-0.39, 0.29) is 18.2 Å². The van der Waals surface area contributed by atoms with Gasteiger partial charge in [0.15, 0.2) is 0 Å². The van der Waals surface area contributed by atoms with Gasteiger partial charge < -0.3 is 4.74 Å². The highest BCUT2D eigenvalue weighted by Gasteiger charge is 2.39. The Labute approximate surface area is 154 Å². The highest BCUT2D eigenvalue weighted by molar-refractivity contribution is 5.81. The second kappa shape index (κ2) is 6.38. The van der Waals surface area contributed by atoms with Crippen LogP contribution in [0.25, 0.3) is 16.6 Å². The standard InChI is InChI=1S/C21H25N3O2/c1-21(2,3)26-20(25)24-16-5-4-6-17(24)12-15(11-16)14-7-8-18-19(13-14)23-10-9-22-18/h7-11,13,16-17H,4-6,12H2,1-3H3. The summed E-state index contributed by atoms with van der Waals surface area (Å²) in [6.45, 7) is 5.76. The first-order chi connectivity index (χ1) is 12.4. The summed E-state index contributed by atoms with van der Waals surface area (Å²) in [6, 6.07) is 6.56. The number of nitrogens with zero attached hydrogens (tertiary/aromatic N) is 3. The number of ether oxygens (including phenoxy) is 1. The Bertz CT molecular complexity index is 869. The van der Waals surface area contributed by atoms with Crippen molar-refractivity contribution < 1.29 is 9.53 Å². The van der Waals surface area contributed by atoms with Crippen molar-refractivity contribution in [3.05, 3.63) is 42.2 Å². The molecular formula is C21H25N3O2. The maximum absolute atomic E-state index is 12.7. The number of fused-ring (bicyclic) bond motifs is 3. The van der Waals surface area contributed by atoms with Gasteiger partial charge in [-0.15, -0.1) is 0 Å². The molecule has 0 aliphatic carbocycles. The quantitative estimate of drug-likeness (QED) is 0.755. The minimum Gasteiger partial charge on any atom is -0.444 e. The molecule has 4 rings (SSSR count). The second-order valence-corrected chi connectivity index (χ2v) is 8.20. The highest BCUT2D eigenvalue weighted by atomic mass is 16.6. The summed E-state index contributed by atoms with van der Waals surface area (Å²) < 4.78 is 5.65. The zero-order valence-electron chi connectivity index (χ0n) is 15.6. The Hall–Kier alpha value is -2.43. The Morgan fingerprint density at radius 3 is 2.65 bits per heavy atom. The van der Waals surface area contributed by atoms with Crippen LogP contribution < -0.4 is 0 Å². The summed E-state index contributed by atoms with van der Waals surface area (Å²) in [5, 5.41) is 0. The van der Waals surface area contributed by atoms with Crippen molar-refractivity contribution in [3.8, 4) is 0 Å². The average Bonchev–Trinajstić information content (AvgIpc) is 2.58. The molecule has 1 saturated heterocycles. The lowest BCUT2D eigenvalue weighted by atomic mass is 9.83. The van der Waals surface area contributed by atoms with E-state index in [9.17, 15) is 4.79 Å². The molecule has 1 fully saturated rings. The maximum Gasteiger partial charge on any atom is 0.411 e. The van der Waals surface area contributed by atoms with E-state index in [1.54, 1.807) is 12.4 Å². The van der Waals surface area contributed by atoms with Gasteiger partial charge >= 0.3 is 6.09 Å². The van der Waals surface area contributed by atoms with Crippen molar-refractivity contribution >= 4 is 22.7 Å². The van der Waals surface area contributed by atoms with Crippen LogP contribution in [0.2, 0.25) is 0 Å². The zero-order chi connectivity index (χ0) is 18.3. The lowest BCUT2D eigenvalue weighted by Gasteiger charge is -2.45. The van der Waals surface area contributed by atoms with Crippen molar-refractivity contribution in [1.82, 2.24) is 14.9 Å². The largest absolute Gasteiger partial charge is 0.444 e. The van der Waals surface area contributed by atoms with Crippen LogP contribution in [-0.4, -0.2) is 38.6 Å². The minimum atomic E-state index is -0.466. The third kappa shape index (κ3) is 3.30. The van der Waals surface area contributed by atoms with E-state index in [0.29, 0.717) is 0 Å². The molecule has 1 aromatic heterocycles. The van der Waals surface area contributed by atoms with Crippen LogP contribution in [0.4, 0.5) is 4.79 Å². The van der Waals surface area contributed by atoms with Crippen molar-refractivity contribution in [2.24, 2.45) is 0 Å². The van der Waals surface area contributed by atoms with Gasteiger partial charge in [0.25, 0.3) is 0 Å². The molecule has 2 aromatic rings. The molecule has 2 aliphatic rings. The number of carbonyl (C=O) groups excluding carboxylic acids is 1. The van der Waals surface area contributed by atoms with E-state index in [2.05, 4.69) is 28.2 Å². The molecule has 2 aliphatic heterocycles. The van der Waals surface area contributed by atoms with Crippen LogP contribution in [-0.2, 0) is 4.74 Å². The fourth-order valence-electron chi connectivity index (χ4n) is 4.01. The van der Waals surface area contributed by atoms with E-state index in [1.165, 1.54) is 11.1 Å². The van der Waals surface area contributed by atoms with Crippen molar-refractivity contribution in [2.45, 2.75) is 64.1 Å². The maximum atomic E-state index is 12.7. The molecule has 0 radical (unpaired) electrons. The number of aromatic nitrogens is 2. The van der Waals surface area contributed by atoms with E-state index >= 15 is 0 Å². The van der Waals surface area contributed by atoms with Crippen LogP contribution >= 0.6 is 0 Å². The Kier molecular flexibility index (Phi) is 4.17. The van der Waals surface area contributed by atoms with E-state index in [1.807, 2.05) is 31.7 Å². The Morgan fingerprint density at radius 2 is 1.92 bits per heavy atom. The number of hydrogen-bond donors (Lipinski definition) is 0.